The summed E-state index contributed by atoms with van der Waals surface area (Å²) < 4.78 is 14.6. The van der Waals surface area contributed by atoms with E-state index in [1.807, 2.05) is 22.9 Å². The molecule has 4 rings (SSSR count). The van der Waals surface area contributed by atoms with Gasteiger partial charge in [0.1, 0.15) is 11.4 Å². The highest BCUT2D eigenvalue weighted by atomic mass is 32.1. The molecule has 11 heteroatoms. The van der Waals surface area contributed by atoms with Gasteiger partial charge in [-0.05, 0) is 23.6 Å². The van der Waals surface area contributed by atoms with Crippen molar-refractivity contribution in [2.75, 3.05) is 5.32 Å². The van der Waals surface area contributed by atoms with Crippen LogP contribution in [0, 0.1) is 15.9 Å². The third-order valence-corrected chi connectivity index (χ3v) is 5.88. The van der Waals surface area contributed by atoms with Crippen LogP contribution in [0.15, 0.2) is 52.2 Å². The fraction of sp³-hybridized carbons (Fsp3) is 0.0556. The fourth-order valence-corrected chi connectivity index (χ4v) is 4.50. The summed E-state index contributed by atoms with van der Waals surface area (Å²) in [4.78, 5) is 40.9. The number of carbonyl (C=O) groups excluding carboxylic acids is 1. The van der Waals surface area contributed by atoms with Crippen molar-refractivity contribution in [3.8, 4) is 10.4 Å². The molecule has 4 aromatic rings. The Labute approximate surface area is 170 Å². The topological polar surface area (TPSA) is 107 Å². The SMILES string of the molecule is O=C(Cn1cnc2scc(-c3cccs3)c2c1=O)Nc1ccc(F)c([N+](=O)[O-])c1. The molecule has 0 bridgehead atoms. The first-order valence-corrected chi connectivity index (χ1v) is 9.94. The Morgan fingerprint density at radius 2 is 2.14 bits per heavy atom. The maximum absolute atomic E-state index is 13.4. The minimum absolute atomic E-state index is 0.0556. The van der Waals surface area contributed by atoms with Crippen molar-refractivity contribution in [3.05, 3.63) is 73.7 Å². The van der Waals surface area contributed by atoms with Gasteiger partial charge >= 0.3 is 5.69 Å². The van der Waals surface area contributed by atoms with Gasteiger partial charge in [-0.15, -0.1) is 22.7 Å². The zero-order chi connectivity index (χ0) is 20.5. The fourth-order valence-electron chi connectivity index (χ4n) is 2.78. The van der Waals surface area contributed by atoms with Crippen molar-refractivity contribution in [3.63, 3.8) is 0 Å². The Morgan fingerprint density at radius 3 is 2.86 bits per heavy atom. The van der Waals surface area contributed by atoms with Gasteiger partial charge in [-0.25, -0.2) is 4.98 Å². The van der Waals surface area contributed by atoms with E-state index in [0.717, 1.165) is 22.6 Å². The van der Waals surface area contributed by atoms with Gasteiger partial charge in [0.25, 0.3) is 5.56 Å². The van der Waals surface area contributed by atoms with E-state index >= 15 is 0 Å². The minimum atomic E-state index is -1.00. The van der Waals surface area contributed by atoms with Crippen molar-refractivity contribution < 1.29 is 14.1 Å². The molecule has 1 amide bonds. The summed E-state index contributed by atoms with van der Waals surface area (Å²) in [6.45, 7) is -0.341. The van der Waals surface area contributed by atoms with Gasteiger partial charge < -0.3 is 5.32 Å². The third-order valence-electron chi connectivity index (χ3n) is 4.09. The molecule has 0 fully saturated rings. The number of nitrogens with one attached hydrogen (secondary N) is 1. The summed E-state index contributed by atoms with van der Waals surface area (Å²) in [6.07, 6.45) is 1.28. The number of nitrogens with zero attached hydrogens (tertiary/aromatic N) is 3. The molecule has 29 heavy (non-hydrogen) atoms. The predicted octanol–water partition coefficient (Wildman–Crippen LogP) is 3.87. The van der Waals surface area contributed by atoms with E-state index in [9.17, 15) is 24.1 Å². The van der Waals surface area contributed by atoms with Crippen LogP contribution in [0.3, 0.4) is 0 Å². The molecule has 1 N–H and O–H groups in total. The molecule has 0 unspecified atom stereocenters. The number of rotatable bonds is 5. The van der Waals surface area contributed by atoms with Crippen molar-refractivity contribution in [1.82, 2.24) is 9.55 Å². The van der Waals surface area contributed by atoms with Crippen LogP contribution in [-0.2, 0) is 11.3 Å². The lowest BCUT2D eigenvalue weighted by atomic mass is 10.2. The lowest BCUT2D eigenvalue weighted by Gasteiger charge is -2.08. The van der Waals surface area contributed by atoms with Crippen LogP contribution >= 0.6 is 22.7 Å². The zero-order valence-corrected chi connectivity index (χ0v) is 16.1. The third kappa shape index (κ3) is 3.65. The second-order valence-electron chi connectivity index (χ2n) is 5.96. The van der Waals surface area contributed by atoms with Gasteiger partial charge in [-0.2, -0.15) is 4.39 Å². The second kappa shape index (κ2) is 7.53. The van der Waals surface area contributed by atoms with Crippen molar-refractivity contribution in [1.29, 1.82) is 0 Å². The summed E-state index contributed by atoms with van der Waals surface area (Å²) in [5, 5.41) is 17.5. The van der Waals surface area contributed by atoms with Gasteiger partial charge in [0.05, 0.1) is 16.6 Å². The summed E-state index contributed by atoms with van der Waals surface area (Å²) in [7, 11) is 0. The normalized spacial score (nSPS) is 10.9. The van der Waals surface area contributed by atoms with Gasteiger partial charge in [0.15, 0.2) is 0 Å². The molecule has 146 valence electrons. The molecule has 0 aliphatic rings. The number of benzene rings is 1. The smallest absolute Gasteiger partial charge is 0.306 e. The lowest BCUT2D eigenvalue weighted by molar-refractivity contribution is -0.387. The van der Waals surface area contributed by atoms with E-state index in [2.05, 4.69) is 10.3 Å². The largest absolute Gasteiger partial charge is 0.324 e. The van der Waals surface area contributed by atoms with E-state index in [1.165, 1.54) is 39.6 Å². The van der Waals surface area contributed by atoms with Crippen LogP contribution in [0.4, 0.5) is 15.8 Å². The van der Waals surface area contributed by atoms with Crippen LogP contribution in [-0.4, -0.2) is 20.4 Å². The first-order chi connectivity index (χ1) is 13.9. The predicted molar refractivity (Wildman–Crippen MR) is 109 cm³/mol. The standard InChI is InChI=1S/C18H11FN4O4S2/c19-12-4-3-10(6-13(12)23(26)27)21-15(24)7-22-9-20-17-16(18(22)25)11(8-29-17)14-2-1-5-28-14/h1-6,8-9H,7H2,(H,21,24). The van der Waals surface area contributed by atoms with E-state index in [0.29, 0.717) is 10.2 Å². The molecular weight excluding hydrogens is 419 g/mol. The van der Waals surface area contributed by atoms with Crippen LogP contribution in [0.1, 0.15) is 0 Å². The molecule has 0 aliphatic carbocycles. The Hall–Kier alpha value is -3.44. The first kappa shape index (κ1) is 18.9. The molecule has 0 spiro atoms. The number of nitro groups is 1. The highest BCUT2D eigenvalue weighted by Gasteiger charge is 2.17. The first-order valence-electron chi connectivity index (χ1n) is 8.18. The number of nitro benzene ring substituents is 1. The maximum atomic E-state index is 13.4. The Balaban J connectivity index is 1.61. The quantitative estimate of drug-likeness (QED) is 0.382. The molecule has 3 aromatic heterocycles. The number of anilines is 1. The maximum Gasteiger partial charge on any atom is 0.306 e. The Morgan fingerprint density at radius 1 is 1.31 bits per heavy atom. The highest BCUT2D eigenvalue weighted by molar-refractivity contribution is 7.18. The molecule has 0 atom stereocenters. The number of hydrogen-bond acceptors (Lipinski definition) is 7. The lowest BCUT2D eigenvalue weighted by Crippen LogP contribution is -2.27. The van der Waals surface area contributed by atoms with E-state index in [-0.39, 0.29) is 17.8 Å². The van der Waals surface area contributed by atoms with Gasteiger partial charge in [0.2, 0.25) is 11.7 Å². The average molecular weight is 430 g/mol. The van der Waals surface area contributed by atoms with Gasteiger partial charge in [0, 0.05) is 27.6 Å². The number of thiophene rings is 2. The van der Waals surface area contributed by atoms with Crippen LogP contribution in [0.5, 0.6) is 0 Å². The molecule has 1 aromatic carbocycles. The second-order valence-corrected chi connectivity index (χ2v) is 7.76. The minimum Gasteiger partial charge on any atom is -0.324 e. The van der Waals surface area contributed by atoms with Crippen LogP contribution in [0.25, 0.3) is 20.7 Å². The van der Waals surface area contributed by atoms with E-state index < -0.39 is 22.3 Å². The monoisotopic (exact) mass is 430 g/mol. The van der Waals surface area contributed by atoms with Gasteiger partial charge in [-0.3, -0.25) is 24.3 Å². The van der Waals surface area contributed by atoms with Crippen molar-refractivity contribution in [2.45, 2.75) is 6.54 Å². The molecular formula is C18H11FN4O4S2. The Bertz CT molecular complexity index is 1300. The summed E-state index contributed by atoms with van der Waals surface area (Å²) in [5.41, 5.74) is -0.289. The summed E-state index contributed by atoms with van der Waals surface area (Å²) >= 11 is 2.84. The number of fused-ring (bicyclic) bond motifs is 1. The molecule has 0 radical (unpaired) electrons. The number of aromatic nitrogens is 2. The van der Waals surface area contributed by atoms with Gasteiger partial charge in [-0.1, -0.05) is 6.07 Å². The number of carbonyl (C=O) groups is 1. The average Bonchev–Trinajstić information content (AvgIpc) is 3.35. The number of hydrogen-bond donors (Lipinski definition) is 1. The molecule has 0 aliphatic heterocycles. The highest BCUT2D eigenvalue weighted by Crippen LogP contribution is 2.33. The number of amides is 1. The number of halogens is 1. The van der Waals surface area contributed by atoms with Crippen molar-refractivity contribution in [2.24, 2.45) is 0 Å². The van der Waals surface area contributed by atoms with Crippen molar-refractivity contribution >= 4 is 50.2 Å². The summed E-state index contributed by atoms with van der Waals surface area (Å²) in [5.74, 6) is -1.60. The van der Waals surface area contributed by atoms with E-state index in [4.69, 9.17) is 0 Å². The molecule has 8 nitrogen and oxygen atoms in total. The van der Waals surface area contributed by atoms with E-state index in [1.54, 1.807) is 0 Å². The van der Waals surface area contributed by atoms with Crippen LogP contribution in [0.2, 0.25) is 0 Å². The zero-order valence-electron chi connectivity index (χ0n) is 14.5. The summed E-state index contributed by atoms with van der Waals surface area (Å²) in [6, 6.07) is 6.81. The van der Waals surface area contributed by atoms with Crippen LogP contribution < -0.4 is 10.9 Å². The molecule has 0 saturated carbocycles. The molecule has 3 heterocycles. The molecule has 0 saturated heterocycles. The Kier molecular flexibility index (Phi) is 4.91.